The van der Waals surface area contributed by atoms with Crippen LogP contribution in [-0.4, -0.2) is 35.6 Å². The Bertz CT molecular complexity index is 1190. The SMILES string of the molecule is CC(C)(C)C(Cc1cc(-c2cccnc2F)c(S(=O)(=O)c2ccccn2)s1)NC(=O)O. The van der Waals surface area contributed by atoms with E-state index in [0.717, 1.165) is 11.3 Å². The molecule has 0 bridgehead atoms. The molecule has 3 heterocycles. The van der Waals surface area contributed by atoms with Crippen molar-refractivity contribution < 1.29 is 22.7 Å². The summed E-state index contributed by atoms with van der Waals surface area (Å²) in [5.74, 6) is -0.791. The first kappa shape index (κ1) is 22.8. The minimum Gasteiger partial charge on any atom is -0.465 e. The van der Waals surface area contributed by atoms with Crippen molar-refractivity contribution in [2.45, 2.75) is 42.5 Å². The Morgan fingerprint density at radius 3 is 2.45 bits per heavy atom. The van der Waals surface area contributed by atoms with E-state index >= 15 is 0 Å². The van der Waals surface area contributed by atoms with E-state index in [1.165, 1.54) is 30.6 Å². The fraction of sp³-hybridized carbons (Fsp3) is 0.286. The summed E-state index contributed by atoms with van der Waals surface area (Å²) in [6, 6.07) is 8.63. The largest absolute Gasteiger partial charge is 0.465 e. The van der Waals surface area contributed by atoms with Gasteiger partial charge < -0.3 is 10.4 Å². The Labute approximate surface area is 183 Å². The van der Waals surface area contributed by atoms with Crippen molar-refractivity contribution in [3.8, 4) is 11.1 Å². The smallest absolute Gasteiger partial charge is 0.404 e. The molecule has 0 aliphatic rings. The lowest BCUT2D eigenvalue weighted by Gasteiger charge is -2.30. The minimum atomic E-state index is -4.03. The number of carbonyl (C=O) groups is 1. The number of aromatic nitrogens is 2. The summed E-state index contributed by atoms with van der Waals surface area (Å²) in [6.07, 6.45) is 1.73. The first-order valence-electron chi connectivity index (χ1n) is 9.39. The fourth-order valence-corrected chi connectivity index (χ4v) is 6.09. The highest BCUT2D eigenvalue weighted by Crippen LogP contribution is 2.39. The van der Waals surface area contributed by atoms with Crippen molar-refractivity contribution in [2.75, 3.05) is 0 Å². The molecule has 10 heteroatoms. The average Bonchev–Trinajstić information content (AvgIpc) is 3.12. The van der Waals surface area contributed by atoms with Gasteiger partial charge in [-0.05, 0) is 35.7 Å². The zero-order chi connectivity index (χ0) is 22.8. The first-order valence-corrected chi connectivity index (χ1v) is 11.7. The average molecular weight is 464 g/mol. The van der Waals surface area contributed by atoms with Gasteiger partial charge in [-0.1, -0.05) is 26.8 Å². The van der Waals surface area contributed by atoms with E-state index in [2.05, 4.69) is 15.3 Å². The molecule has 2 N–H and O–H groups in total. The van der Waals surface area contributed by atoms with Gasteiger partial charge in [0.2, 0.25) is 15.8 Å². The maximum atomic E-state index is 14.5. The first-order chi connectivity index (χ1) is 14.5. The van der Waals surface area contributed by atoms with Gasteiger partial charge in [-0.25, -0.2) is 23.2 Å². The van der Waals surface area contributed by atoms with Crippen LogP contribution in [0.3, 0.4) is 0 Å². The van der Waals surface area contributed by atoms with Crippen LogP contribution in [0.25, 0.3) is 11.1 Å². The molecule has 0 aliphatic carbocycles. The van der Waals surface area contributed by atoms with Gasteiger partial charge >= 0.3 is 6.09 Å². The molecule has 0 aromatic carbocycles. The molecule has 0 saturated carbocycles. The van der Waals surface area contributed by atoms with E-state index in [4.69, 9.17) is 0 Å². The van der Waals surface area contributed by atoms with E-state index in [9.17, 15) is 22.7 Å². The third kappa shape index (κ3) is 5.08. The molecule has 0 radical (unpaired) electrons. The third-order valence-corrected chi connectivity index (χ3v) is 8.06. The van der Waals surface area contributed by atoms with Crippen molar-refractivity contribution in [3.05, 3.63) is 59.6 Å². The summed E-state index contributed by atoms with van der Waals surface area (Å²) < 4.78 is 41.0. The highest BCUT2D eigenvalue weighted by atomic mass is 32.2. The van der Waals surface area contributed by atoms with Crippen LogP contribution in [0.15, 0.2) is 58.0 Å². The molecule has 3 rings (SSSR count). The van der Waals surface area contributed by atoms with Gasteiger partial charge in [-0.2, -0.15) is 4.39 Å². The molecule has 3 aromatic rings. The molecular weight excluding hydrogens is 441 g/mol. The van der Waals surface area contributed by atoms with Gasteiger partial charge in [0.25, 0.3) is 0 Å². The summed E-state index contributed by atoms with van der Waals surface area (Å²) in [4.78, 5) is 19.4. The normalized spacial score (nSPS) is 13.0. The Hall–Kier alpha value is -2.85. The second kappa shape index (κ2) is 8.72. The van der Waals surface area contributed by atoms with E-state index in [0.29, 0.717) is 4.88 Å². The number of amides is 1. The van der Waals surface area contributed by atoms with E-state index in [1.54, 1.807) is 18.2 Å². The van der Waals surface area contributed by atoms with Crippen molar-refractivity contribution >= 4 is 27.3 Å². The number of nitrogens with one attached hydrogen (secondary N) is 1. The minimum absolute atomic E-state index is 0.0537. The van der Waals surface area contributed by atoms with Crippen molar-refractivity contribution in [2.24, 2.45) is 5.41 Å². The number of nitrogens with zero attached hydrogens (tertiary/aromatic N) is 2. The van der Waals surface area contributed by atoms with Crippen molar-refractivity contribution in [3.63, 3.8) is 0 Å². The maximum absolute atomic E-state index is 14.5. The molecule has 1 atom stereocenters. The summed E-state index contributed by atoms with van der Waals surface area (Å²) in [5, 5.41) is 11.6. The van der Waals surface area contributed by atoms with Crippen LogP contribution in [-0.2, 0) is 16.3 Å². The zero-order valence-corrected chi connectivity index (χ0v) is 18.8. The Morgan fingerprint density at radius 1 is 1.16 bits per heavy atom. The number of carboxylic acid groups (broad SMARTS) is 1. The van der Waals surface area contributed by atoms with E-state index in [-0.39, 0.29) is 26.8 Å². The number of thiophene rings is 1. The number of sulfone groups is 1. The molecule has 7 nitrogen and oxygen atoms in total. The fourth-order valence-electron chi connectivity index (χ4n) is 3.02. The standard InChI is InChI=1S/C21H22FN3O4S2/c1-21(2,3)16(25-20(26)27)12-13-11-15(14-7-6-10-24-18(14)22)19(30-13)31(28,29)17-8-4-5-9-23-17/h4-11,16,25H,12H2,1-3H3,(H,26,27). The predicted molar refractivity (Wildman–Crippen MR) is 115 cm³/mol. The van der Waals surface area contributed by atoms with Crippen LogP contribution in [0.1, 0.15) is 25.6 Å². The number of rotatable bonds is 6. The third-order valence-electron chi connectivity index (χ3n) is 4.70. The van der Waals surface area contributed by atoms with Gasteiger partial charge in [0.1, 0.15) is 4.21 Å². The number of hydrogen-bond donors (Lipinski definition) is 2. The second-order valence-corrected chi connectivity index (χ2v) is 11.2. The van der Waals surface area contributed by atoms with Gasteiger partial charge in [0, 0.05) is 40.9 Å². The Kier molecular flexibility index (Phi) is 6.42. The van der Waals surface area contributed by atoms with Crippen LogP contribution >= 0.6 is 11.3 Å². The highest BCUT2D eigenvalue weighted by molar-refractivity contribution is 7.93. The highest BCUT2D eigenvalue weighted by Gasteiger charge is 2.31. The van der Waals surface area contributed by atoms with Crippen molar-refractivity contribution in [1.82, 2.24) is 15.3 Å². The molecule has 1 unspecified atom stereocenters. The van der Waals surface area contributed by atoms with Gasteiger partial charge in [0.05, 0.1) is 0 Å². The summed E-state index contributed by atoms with van der Waals surface area (Å²) >= 11 is 0.981. The van der Waals surface area contributed by atoms with Gasteiger partial charge in [0.15, 0.2) is 5.03 Å². The lowest BCUT2D eigenvalue weighted by Crippen LogP contribution is -2.44. The molecule has 164 valence electrons. The quantitative estimate of drug-likeness (QED) is 0.525. The molecule has 31 heavy (non-hydrogen) atoms. The van der Waals surface area contributed by atoms with Crippen LogP contribution in [0.5, 0.6) is 0 Å². The Morgan fingerprint density at radius 2 is 1.87 bits per heavy atom. The molecule has 0 spiro atoms. The van der Waals surface area contributed by atoms with Crippen LogP contribution in [0.4, 0.5) is 9.18 Å². The summed E-state index contributed by atoms with van der Waals surface area (Å²) in [7, 11) is -4.03. The summed E-state index contributed by atoms with van der Waals surface area (Å²) in [5.41, 5.74) is -0.195. The van der Waals surface area contributed by atoms with E-state index in [1.807, 2.05) is 20.8 Å². The van der Waals surface area contributed by atoms with Crippen LogP contribution < -0.4 is 5.32 Å². The zero-order valence-electron chi connectivity index (χ0n) is 17.2. The van der Waals surface area contributed by atoms with Crippen LogP contribution in [0, 0.1) is 11.4 Å². The predicted octanol–water partition coefficient (Wildman–Crippen LogP) is 4.40. The molecule has 3 aromatic heterocycles. The number of hydrogen-bond acceptors (Lipinski definition) is 6. The molecule has 1 amide bonds. The molecule has 0 fully saturated rings. The maximum Gasteiger partial charge on any atom is 0.404 e. The molecular formula is C21H22FN3O4S2. The Balaban J connectivity index is 2.15. The summed E-state index contributed by atoms with van der Waals surface area (Å²) in [6.45, 7) is 5.65. The molecule has 0 saturated heterocycles. The lowest BCUT2D eigenvalue weighted by atomic mass is 9.84. The monoisotopic (exact) mass is 463 g/mol. The number of pyridine rings is 2. The number of halogens is 1. The van der Waals surface area contributed by atoms with Gasteiger partial charge in [-0.3, -0.25) is 0 Å². The molecule has 0 aliphatic heterocycles. The topological polar surface area (TPSA) is 109 Å². The van der Waals surface area contributed by atoms with Crippen LogP contribution in [0.2, 0.25) is 0 Å². The second-order valence-electron chi connectivity index (χ2n) is 8.00. The van der Waals surface area contributed by atoms with Gasteiger partial charge in [-0.15, -0.1) is 11.3 Å². The van der Waals surface area contributed by atoms with E-state index < -0.39 is 33.3 Å². The van der Waals surface area contributed by atoms with Crippen molar-refractivity contribution in [1.29, 1.82) is 0 Å². The lowest BCUT2D eigenvalue weighted by molar-refractivity contribution is 0.174.